The molecule has 1 aliphatic carbocycles. The lowest BCUT2D eigenvalue weighted by Crippen LogP contribution is -2.38. The number of nitrogens with two attached hydrogens (primary N) is 1. The summed E-state index contributed by atoms with van der Waals surface area (Å²) in [7, 11) is 1.55. The molecule has 1 aliphatic rings. The van der Waals surface area contributed by atoms with Crippen molar-refractivity contribution in [2.45, 2.75) is 43.9 Å². The Morgan fingerprint density at radius 2 is 1.95 bits per heavy atom. The van der Waals surface area contributed by atoms with E-state index in [4.69, 9.17) is 10.5 Å². The van der Waals surface area contributed by atoms with Crippen molar-refractivity contribution >= 4 is 0 Å². The molecule has 0 saturated heterocycles. The number of hydrogen-bond acceptors (Lipinski definition) is 2. The fraction of sp³-hybridized carbons (Fsp3) is 0.600. The molecule has 1 fully saturated rings. The zero-order chi connectivity index (χ0) is 13.9. The van der Waals surface area contributed by atoms with Gasteiger partial charge >= 0.3 is 0 Å². The highest BCUT2D eigenvalue weighted by Gasteiger charge is 2.36. The molecule has 1 saturated carbocycles. The Bertz CT molecular complexity index is 428. The van der Waals surface area contributed by atoms with Gasteiger partial charge in [-0.05, 0) is 36.6 Å². The first-order chi connectivity index (χ1) is 9.13. The van der Waals surface area contributed by atoms with E-state index in [1.807, 2.05) is 0 Å². The van der Waals surface area contributed by atoms with Crippen LogP contribution >= 0.6 is 0 Å². The van der Waals surface area contributed by atoms with E-state index in [-0.39, 0.29) is 11.0 Å². The molecule has 0 atom stereocenters. The summed E-state index contributed by atoms with van der Waals surface area (Å²) in [6, 6.07) is 4.82. The molecule has 0 amide bonds. The molecule has 0 aromatic heterocycles. The normalized spacial score (nSPS) is 18.6. The Kier molecular flexibility index (Phi) is 4.40. The summed E-state index contributed by atoms with van der Waals surface area (Å²) in [5.41, 5.74) is 6.43. The minimum atomic E-state index is -2.47. The molecular formula is C15H21F2NO. The summed E-state index contributed by atoms with van der Waals surface area (Å²) >= 11 is 0. The largest absolute Gasteiger partial charge is 0.497 e. The van der Waals surface area contributed by atoms with Gasteiger partial charge in [0.1, 0.15) is 5.75 Å². The number of alkyl halides is 2. The lowest BCUT2D eigenvalue weighted by molar-refractivity contribution is 0.146. The molecule has 0 heterocycles. The molecule has 4 heteroatoms. The average Bonchev–Trinajstić information content (AvgIpc) is 2.47. The minimum absolute atomic E-state index is 0.105. The molecule has 0 unspecified atom stereocenters. The molecule has 106 valence electrons. The zero-order valence-corrected chi connectivity index (χ0v) is 11.3. The van der Waals surface area contributed by atoms with Crippen LogP contribution in [0, 0.1) is 0 Å². The molecule has 0 aliphatic heterocycles. The van der Waals surface area contributed by atoms with Crippen molar-refractivity contribution in [2.75, 3.05) is 13.7 Å². The molecule has 2 N–H and O–H groups in total. The summed E-state index contributed by atoms with van der Waals surface area (Å²) in [6.45, 7) is 0.417. The Morgan fingerprint density at radius 1 is 1.26 bits per heavy atom. The standard InChI is InChI=1S/C15H21F2NO/c1-19-11-5-6-12(14(16)17)13(9-11)15(10-18)7-3-2-4-8-15/h5-6,9,14H,2-4,7-8,10,18H2,1H3. The van der Waals surface area contributed by atoms with Crippen LogP contribution in [0.25, 0.3) is 0 Å². The van der Waals surface area contributed by atoms with Gasteiger partial charge in [-0.15, -0.1) is 0 Å². The maximum Gasteiger partial charge on any atom is 0.264 e. The molecule has 0 bridgehead atoms. The summed E-state index contributed by atoms with van der Waals surface area (Å²) in [4.78, 5) is 0. The molecule has 2 nitrogen and oxygen atoms in total. The maximum atomic E-state index is 13.2. The highest BCUT2D eigenvalue weighted by atomic mass is 19.3. The van der Waals surface area contributed by atoms with Gasteiger partial charge in [-0.3, -0.25) is 0 Å². The summed E-state index contributed by atoms with van der Waals surface area (Å²) in [5, 5.41) is 0. The van der Waals surface area contributed by atoms with Crippen LogP contribution in [0.2, 0.25) is 0 Å². The first kappa shape index (κ1) is 14.3. The highest BCUT2D eigenvalue weighted by Crippen LogP contribution is 2.43. The van der Waals surface area contributed by atoms with Gasteiger partial charge in [0.15, 0.2) is 0 Å². The van der Waals surface area contributed by atoms with E-state index in [1.165, 1.54) is 6.07 Å². The third-order valence-electron chi connectivity index (χ3n) is 4.27. The van der Waals surface area contributed by atoms with Crippen LogP contribution in [-0.2, 0) is 5.41 Å². The first-order valence-corrected chi connectivity index (χ1v) is 6.79. The van der Waals surface area contributed by atoms with Crippen molar-refractivity contribution < 1.29 is 13.5 Å². The van der Waals surface area contributed by atoms with Gasteiger partial charge in [-0.1, -0.05) is 19.3 Å². The van der Waals surface area contributed by atoms with E-state index in [9.17, 15) is 8.78 Å². The monoisotopic (exact) mass is 269 g/mol. The number of ether oxygens (including phenoxy) is 1. The van der Waals surface area contributed by atoms with E-state index in [1.54, 1.807) is 19.2 Å². The quantitative estimate of drug-likeness (QED) is 0.902. The minimum Gasteiger partial charge on any atom is -0.497 e. The molecule has 1 aromatic carbocycles. The van der Waals surface area contributed by atoms with Gasteiger partial charge in [-0.2, -0.15) is 0 Å². The third kappa shape index (κ3) is 2.73. The van der Waals surface area contributed by atoms with Crippen molar-refractivity contribution in [3.63, 3.8) is 0 Å². The number of halogens is 2. The topological polar surface area (TPSA) is 35.2 Å². The predicted octanol–water partition coefficient (Wildman–Crippen LogP) is 3.79. The van der Waals surface area contributed by atoms with Gasteiger partial charge in [0, 0.05) is 17.5 Å². The van der Waals surface area contributed by atoms with Gasteiger partial charge in [-0.25, -0.2) is 8.78 Å². The van der Waals surface area contributed by atoms with E-state index < -0.39 is 6.43 Å². The molecular weight excluding hydrogens is 248 g/mol. The maximum absolute atomic E-state index is 13.2. The Labute approximate surface area is 112 Å². The van der Waals surface area contributed by atoms with Crippen molar-refractivity contribution in [2.24, 2.45) is 5.73 Å². The van der Waals surface area contributed by atoms with Crippen molar-refractivity contribution in [1.29, 1.82) is 0 Å². The molecule has 2 rings (SSSR count). The zero-order valence-electron chi connectivity index (χ0n) is 11.3. The fourth-order valence-corrected chi connectivity index (χ4v) is 3.12. The smallest absolute Gasteiger partial charge is 0.264 e. The lowest BCUT2D eigenvalue weighted by Gasteiger charge is -2.38. The van der Waals surface area contributed by atoms with Crippen LogP contribution in [0.5, 0.6) is 5.75 Å². The number of benzene rings is 1. The Morgan fingerprint density at radius 3 is 2.47 bits per heavy atom. The Balaban J connectivity index is 2.50. The van der Waals surface area contributed by atoms with E-state index >= 15 is 0 Å². The van der Waals surface area contributed by atoms with Crippen LogP contribution in [0.1, 0.15) is 49.7 Å². The fourth-order valence-electron chi connectivity index (χ4n) is 3.12. The SMILES string of the molecule is COc1ccc(C(F)F)c(C2(CN)CCCCC2)c1. The van der Waals surface area contributed by atoms with Crippen molar-refractivity contribution in [1.82, 2.24) is 0 Å². The molecule has 1 aromatic rings. The van der Waals surface area contributed by atoms with Crippen molar-refractivity contribution in [3.05, 3.63) is 29.3 Å². The lowest BCUT2D eigenvalue weighted by atomic mass is 9.68. The molecule has 19 heavy (non-hydrogen) atoms. The highest BCUT2D eigenvalue weighted by molar-refractivity contribution is 5.42. The van der Waals surface area contributed by atoms with Gasteiger partial charge in [0.2, 0.25) is 0 Å². The first-order valence-electron chi connectivity index (χ1n) is 6.79. The summed E-state index contributed by atoms with van der Waals surface area (Å²) in [6.07, 6.45) is 2.57. The number of methoxy groups -OCH3 is 1. The average molecular weight is 269 g/mol. The third-order valence-corrected chi connectivity index (χ3v) is 4.27. The second kappa shape index (κ2) is 5.87. The van der Waals surface area contributed by atoms with Crippen LogP contribution in [-0.4, -0.2) is 13.7 Å². The summed E-state index contributed by atoms with van der Waals surface area (Å²) in [5.74, 6) is 0.623. The number of hydrogen-bond donors (Lipinski definition) is 1. The van der Waals surface area contributed by atoms with Crippen LogP contribution in [0.15, 0.2) is 18.2 Å². The molecule has 0 radical (unpaired) electrons. The van der Waals surface area contributed by atoms with E-state index in [2.05, 4.69) is 0 Å². The molecule has 0 spiro atoms. The summed E-state index contributed by atoms with van der Waals surface area (Å²) < 4.78 is 31.7. The van der Waals surface area contributed by atoms with Crippen LogP contribution in [0.4, 0.5) is 8.78 Å². The second-order valence-electron chi connectivity index (χ2n) is 5.30. The van der Waals surface area contributed by atoms with Gasteiger partial charge in [0.05, 0.1) is 7.11 Å². The van der Waals surface area contributed by atoms with Crippen molar-refractivity contribution in [3.8, 4) is 5.75 Å². The predicted molar refractivity (Wildman–Crippen MR) is 71.8 cm³/mol. The van der Waals surface area contributed by atoms with Gasteiger partial charge < -0.3 is 10.5 Å². The second-order valence-corrected chi connectivity index (χ2v) is 5.30. The van der Waals surface area contributed by atoms with E-state index in [0.717, 1.165) is 32.1 Å². The van der Waals surface area contributed by atoms with E-state index in [0.29, 0.717) is 17.9 Å². The Hall–Kier alpha value is -1.16. The van der Waals surface area contributed by atoms with Gasteiger partial charge in [0.25, 0.3) is 6.43 Å². The van der Waals surface area contributed by atoms with Crippen LogP contribution < -0.4 is 10.5 Å². The number of rotatable bonds is 4. The van der Waals surface area contributed by atoms with Crippen LogP contribution in [0.3, 0.4) is 0 Å².